The summed E-state index contributed by atoms with van der Waals surface area (Å²) in [5.74, 6) is 0.764. The third kappa shape index (κ3) is 5.65. The van der Waals surface area contributed by atoms with Crippen LogP contribution in [0.4, 0.5) is 0 Å². The first-order valence-corrected chi connectivity index (χ1v) is 8.60. The van der Waals surface area contributed by atoms with Crippen molar-refractivity contribution in [1.29, 1.82) is 5.26 Å². The van der Waals surface area contributed by atoms with Crippen LogP contribution in [0.5, 0.6) is 11.5 Å². The van der Waals surface area contributed by atoms with Gasteiger partial charge < -0.3 is 9.47 Å². The molecule has 2 rings (SSSR count). The lowest BCUT2D eigenvalue weighted by molar-refractivity contribution is 0.0734. The molecule has 130 valence electrons. The molecule has 0 bridgehead atoms. The number of unbranched alkanes of at least 4 members (excludes halogenated alkanes) is 3. The summed E-state index contributed by atoms with van der Waals surface area (Å²) in [6.07, 6.45) is 4.64. The second-order valence-electron chi connectivity index (χ2n) is 5.91. The van der Waals surface area contributed by atoms with E-state index in [1.807, 2.05) is 19.1 Å². The highest BCUT2D eigenvalue weighted by atomic mass is 16.5. The van der Waals surface area contributed by atoms with Crippen LogP contribution in [0.15, 0.2) is 42.5 Å². The van der Waals surface area contributed by atoms with Crippen molar-refractivity contribution >= 4 is 5.97 Å². The number of rotatable bonds is 8. The summed E-state index contributed by atoms with van der Waals surface area (Å²) >= 11 is 0. The van der Waals surface area contributed by atoms with E-state index in [0.717, 1.165) is 17.7 Å². The molecule has 0 fully saturated rings. The van der Waals surface area contributed by atoms with Crippen molar-refractivity contribution in [2.75, 3.05) is 6.61 Å². The zero-order valence-corrected chi connectivity index (χ0v) is 14.7. The monoisotopic (exact) mass is 337 g/mol. The Morgan fingerprint density at radius 1 is 1.04 bits per heavy atom. The quantitative estimate of drug-likeness (QED) is 0.384. The number of benzene rings is 2. The second-order valence-corrected chi connectivity index (χ2v) is 5.91. The van der Waals surface area contributed by atoms with Crippen LogP contribution in [0.1, 0.15) is 54.1 Å². The minimum Gasteiger partial charge on any atom is -0.494 e. The molecule has 0 N–H and O–H groups in total. The van der Waals surface area contributed by atoms with Gasteiger partial charge in [-0.1, -0.05) is 26.2 Å². The van der Waals surface area contributed by atoms with Crippen LogP contribution in [0.25, 0.3) is 0 Å². The number of ether oxygens (including phenoxy) is 2. The van der Waals surface area contributed by atoms with E-state index in [-0.39, 0.29) is 0 Å². The van der Waals surface area contributed by atoms with Crippen LogP contribution in [0, 0.1) is 18.3 Å². The Kier molecular flexibility index (Phi) is 7.03. The number of hydrogen-bond acceptors (Lipinski definition) is 4. The fourth-order valence-corrected chi connectivity index (χ4v) is 2.43. The maximum atomic E-state index is 12.3. The van der Waals surface area contributed by atoms with Crippen molar-refractivity contribution in [3.8, 4) is 17.6 Å². The third-order valence-electron chi connectivity index (χ3n) is 3.88. The van der Waals surface area contributed by atoms with E-state index >= 15 is 0 Å². The molecule has 0 saturated heterocycles. The van der Waals surface area contributed by atoms with Crippen molar-refractivity contribution < 1.29 is 14.3 Å². The number of hydrogen-bond donors (Lipinski definition) is 0. The summed E-state index contributed by atoms with van der Waals surface area (Å²) < 4.78 is 11.1. The number of esters is 1. The molecule has 25 heavy (non-hydrogen) atoms. The molecule has 0 aliphatic rings. The zero-order chi connectivity index (χ0) is 18.1. The first-order chi connectivity index (χ1) is 12.1. The van der Waals surface area contributed by atoms with Crippen LogP contribution in [-0.4, -0.2) is 12.6 Å². The van der Waals surface area contributed by atoms with Gasteiger partial charge in [-0.15, -0.1) is 0 Å². The molecular weight excluding hydrogens is 314 g/mol. The lowest BCUT2D eigenvalue weighted by atomic mass is 10.1. The van der Waals surface area contributed by atoms with Crippen LogP contribution in [0.3, 0.4) is 0 Å². The molecular formula is C21H23NO3. The highest BCUT2D eigenvalue weighted by Gasteiger charge is 2.12. The first-order valence-electron chi connectivity index (χ1n) is 8.60. The predicted molar refractivity (Wildman–Crippen MR) is 96.9 cm³/mol. The van der Waals surface area contributed by atoms with Gasteiger partial charge in [0.15, 0.2) is 0 Å². The number of carbonyl (C=O) groups excluding carboxylic acids is 1. The molecule has 4 heteroatoms. The van der Waals surface area contributed by atoms with Crippen LogP contribution in [-0.2, 0) is 0 Å². The Bertz CT molecular complexity index is 745. The van der Waals surface area contributed by atoms with E-state index in [0.29, 0.717) is 23.5 Å². The fourth-order valence-electron chi connectivity index (χ4n) is 2.43. The van der Waals surface area contributed by atoms with Gasteiger partial charge in [0.25, 0.3) is 0 Å². The van der Waals surface area contributed by atoms with Crippen molar-refractivity contribution in [2.45, 2.75) is 39.5 Å². The molecule has 0 spiro atoms. The van der Waals surface area contributed by atoms with E-state index in [2.05, 4.69) is 6.92 Å². The van der Waals surface area contributed by atoms with E-state index in [1.165, 1.54) is 19.3 Å². The minimum absolute atomic E-state index is 0.416. The predicted octanol–water partition coefficient (Wildman–Crippen LogP) is 5.05. The number of nitrogens with zero attached hydrogens (tertiary/aromatic N) is 1. The van der Waals surface area contributed by atoms with Gasteiger partial charge in [-0.05, 0) is 61.4 Å². The molecule has 0 amide bonds. The maximum absolute atomic E-state index is 12.3. The standard InChI is InChI=1S/C21H23NO3/c1-3-4-5-6-13-24-19-11-12-20(16(2)14-19)21(23)25-18-9-7-17(15-22)8-10-18/h7-12,14H,3-6,13H2,1-2H3. The summed E-state index contributed by atoms with van der Waals surface area (Å²) in [7, 11) is 0. The molecule has 0 aliphatic heterocycles. The van der Waals surface area contributed by atoms with Crippen molar-refractivity contribution in [2.24, 2.45) is 0 Å². The Morgan fingerprint density at radius 3 is 2.40 bits per heavy atom. The molecule has 4 nitrogen and oxygen atoms in total. The maximum Gasteiger partial charge on any atom is 0.343 e. The molecule has 0 radical (unpaired) electrons. The third-order valence-corrected chi connectivity index (χ3v) is 3.88. The highest BCUT2D eigenvalue weighted by Crippen LogP contribution is 2.20. The SMILES string of the molecule is CCCCCCOc1ccc(C(=O)Oc2ccc(C#N)cc2)c(C)c1. The van der Waals surface area contributed by atoms with E-state index in [1.54, 1.807) is 36.4 Å². The van der Waals surface area contributed by atoms with Crippen molar-refractivity contribution in [3.05, 3.63) is 59.2 Å². The topological polar surface area (TPSA) is 59.3 Å². The van der Waals surface area contributed by atoms with Gasteiger partial charge in [0, 0.05) is 0 Å². The smallest absolute Gasteiger partial charge is 0.343 e. The van der Waals surface area contributed by atoms with Gasteiger partial charge in [0.2, 0.25) is 0 Å². The van der Waals surface area contributed by atoms with Gasteiger partial charge in [-0.2, -0.15) is 5.26 Å². The Morgan fingerprint density at radius 2 is 1.76 bits per heavy atom. The molecule has 2 aromatic carbocycles. The summed E-state index contributed by atoms with van der Waals surface area (Å²) in [4.78, 5) is 12.3. The molecule has 0 aliphatic carbocycles. The molecule has 0 saturated carbocycles. The lowest BCUT2D eigenvalue weighted by Crippen LogP contribution is -2.10. The fraction of sp³-hybridized carbons (Fsp3) is 0.333. The summed E-state index contributed by atoms with van der Waals surface area (Å²) in [6.45, 7) is 4.73. The normalized spacial score (nSPS) is 10.1. The molecule has 0 aromatic heterocycles. The van der Waals surface area contributed by atoms with Gasteiger partial charge in [0.05, 0.1) is 23.8 Å². The van der Waals surface area contributed by atoms with Crippen LogP contribution >= 0.6 is 0 Å². The first kappa shape index (κ1) is 18.5. The number of carbonyl (C=O) groups is 1. The molecule has 0 atom stereocenters. The lowest BCUT2D eigenvalue weighted by Gasteiger charge is -2.10. The molecule has 0 heterocycles. The highest BCUT2D eigenvalue weighted by molar-refractivity contribution is 5.92. The molecule has 2 aromatic rings. The largest absolute Gasteiger partial charge is 0.494 e. The zero-order valence-electron chi connectivity index (χ0n) is 14.7. The van der Waals surface area contributed by atoms with Crippen LogP contribution < -0.4 is 9.47 Å². The Balaban J connectivity index is 1.94. The van der Waals surface area contributed by atoms with Crippen molar-refractivity contribution in [1.82, 2.24) is 0 Å². The molecule has 0 unspecified atom stereocenters. The summed E-state index contributed by atoms with van der Waals surface area (Å²) in [5.41, 5.74) is 1.84. The van der Waals surface area contributed by atoms with E-state index in [9.17, 15) is 4.79 Å². The van der Waals surface area contributed by atoms with Gasteiger partial charge >= 0.3 is 5.97 Å². The summed E-state index contributed by atoms with van der Waals surface area (Å²) in [6, 6.07) is 13.9. The van der Waals surface area contributed by atoms with E-state index < -0.39 is 5.97 Å². The van der Waals surface area contributed by atoms with Crippen molar-refractivity contribution in [3.63, 3.8) is 0 Å². The van der Waals surface area contributed by atoms with E-state index in [4.69, 9.17) is 14.7 Å². The summed E-state index contributed by atoms with van der Waals surface area (Å²) in [5, 5.41) is 8.79. The minimum atomic E-state index is -0.420. The number of nitriles is 1. The number of aryl methyl sites for hydroxylation is 1. The second kappa shape index (κ2) is 9.48. The Hall–Kier alpha value is -2.80. The van der Waals surface area contributed by atoms with Gasteiger partial charge in [0.1, 0.15) is 11.5 Å². The Labute approximate surface area is 149 Å². The van der Waals surface area contributed by atoms with Gasteiger partial charge in [-0.3, -0.25) is 0 Å². The average molecular weight is 337 g/mol. The van der Waals surface area contributed by atoms with Gasteiger partial charge in [-0.25, -0.2) is 4.79 Å². The van der Waals surface area contributed by atoms with Crippen LogP contribution in [0.2, 0.25) is 0 Å². The average Bonchev–Trinajstić information content (AvgIpc) is 2.62.